The van der Waals surface area contributed by atoms with Crippen LogP contribution in [0.1, 0.15) is 46.0 Å². The van der Waals surface area contributed by atoms with E-state index in [-0.39, 0.29) is 0 Å². The Kier molecular flexibility index (Phi) is 12.4. The first-order chi connectivity index (χ1) is 6.34. The molecule has 0 N–H and O–H groups in total. The minimum absolute atomic E-state index is 0.972. The Morgan fingerprint density at radius 1 is 1.00 bits per heavy atom. The van der Waals surface area contributed by atoms with Crippen molar-refractivity contribution in [3.63, 3.8) is 0 Å². The summed E-state index contributed by atoms with van der Waals surface area (Å²) in [4.78, 5) is 8.22. The monoisotopic (exact) mass is 182 g/mol. The second-order valence-electron chi connectivity index (χ2n) is 1.94. The number of rotatable bonds is 1. The van der Waals surface area contributed by atoms with E-state index >= 15 is 0 Å². The fourth-order valence-electron chi connectivity index (χ4n) is 0.783. The Hall–Kier alpha value is -0.920. The van der Waals surface area contributed by atoms with Gasteiger partial charge in [-0.2, -0.15) is 0 Å². The molecule has 0 fully saturated rings. The second-order valence-corrected chi connectivity index (χ2v) is 1.94. The molecule has 0 radical (unpaired) electrons. The van der Waals surface area contributed by atoms with Gasteiger partial charge in [0.15, 0.2) is 0 Å². The van der Waals surface area contributed by atoms with Crippen LogP contribution in [-0.2, 0) is 6.42 Å². The Balaban J connectivity index is 0. The molecule has 0 unspecified atom stereocenters. The lowest BCUT2D eigenvalue weighted by molar-refractivity contribution is 0.957. The van der Waals surface area contributed by atoms with Crippen molar-refractivity contribution in [2.75, 3.05) is 0 Å². The summed E-state index contributed by atoms with van der Waals surface area (Å²) < 4.78 is 0. The van der Waals surface area contributed by atoms with Crippen molar-refractivity contribution >= 4 is 0 Å². The van der Waals surface area contributed by atoms with E-state index in [2.05, 4.69) is 16.9 Å². The minimum Gasteiger partial charge on any atom is -0.258 e. The molecule has 76 valence electrons. The van der Waals surface area contributed by atoms with Crippen molar-refractivity contribution in [2.45, 2.75) is 48.0 Å². The Labute approximate surface area is 82.4 Å². The Morgan fingerprint density at radius 3 is 1.77 bits per heavy atom. The summed E-state index contributed by atoms with van der Waals surface area (Å²) in [6, 6.07) is 0. The highest BCUT2D eigenvalue weighted by molar-refractivity contribution is 5.07. The van der Waals surface area contributed by atoms with E-state index in [0.717, 1.165) is 17.8 Å². The summed E-state index contributed by atoms with van der Waals surface area (Å²) in [5.41, 5.74) is 2.14. The standard InChI is InChI=1S/C7H10N2.2C2H6/c1-3-7-6(2)8-4-5-9-7;2*1-2/h4-5H,3H2,1-2H3;2*1-2H3. The molecular formula is C11H22N2. The molecule has 1 heterocycles. The predicted molar refractivity (Wildman–Crippen MR) is 58.8 cm³/mol. The highest BCUT2D eigenvalue weighted by atomic mass is 14.8. The molecule has 0 aromatic carbocycles. The number of aryl methyl sites for hydroxylation is 2. The van der Waals surface area contributed by atoms with Crippen molar-refractivity contribution in [3.05, 3.63) is 23.8 Å². The van der Waals surface area contributed by atoms with Crippen LogP contribution in [0.25, 0.3) is 0 Å². The third-order valence-corrected chi connectivity index (χ3v) is 1.32. The fraction of sp³-hybridized carbons (Fsp3) is 0.636. The third kappa shape index (κ3) is 6.26. The Bertz CT molecular complexity index is 197. The maximum atomic E-state index is 4.13. The molecular weight excluding hydrogens is 160 g/mol. The van der Waals surface area contributed by atoms with Gasteiger partial charge in [0.05, 0.1) is 11.4 Å². The average molecular weight is 182 g/mol. The molecule has 0 saturated heterocycles. The summed E-state index contributed by atoms with van der Waals surface area (Å²) in [6.45, 7) is 12.1. The van der Waals surface area contributed by atoms with Crippen LogP contribution in [-0.4, -0.2) is 9.97 Å². The van der Waals surface area contributed by atoms with Crippen molar-refractivity contribution in [3.8, 4) is 0 Å². The van der Waals surface area contributed by atoms with Crippen LogP contribution < -0.4 is 0 Å². The van der Waals surface area contributed by atoms with Gasteiger partial charge in [0, 0.05) is 12.4 Å². The van der Waals surface area contributed by atoms with Gasteiger partial charge in [-0.15, -0.1) is 0 Å². The van der Waals surface area contributed by atoms with E-state index in [1.807, 2.05) is 34.6 Å². The fourth-order valence-corrected chi connectivity index (χ4v) is 0.783. The van der Waals surface area contributed by atoms with Gasteiger partial charge in [-0.3, -0.25) is 9.97 Å². The van der Waals surface area contributed by atoms with Crippen LogP contribution in [0.2, 0.25) is 0 Å². The lowest BCUT2D eigenvalue weighted by Gasteiger charge is -1.96. The van der Waals surface area contributed by atoms with Gasteiger partial charge in [-0.1, -0.05) is 34.6 Å². The maximum absolute atomic E-state index is 4.13. The smallest absolute Gasteiger partial charge is 0.0613 e. The van der Waals surface area contributed by atoms with Crippen LogP contribution in [0.5, 0.6) is 0 Å². The van der Waals surface area contributed by atoms with E-state index < -0.39 is 0 Å². The first kappa shape index (κ1) is 14.6. The predicted octanol–water partition coefficient (Wildman–Crippen LogP) is 3.40. The maximum Gasteiger partial charge on any atom is 0.0613 e. The lowest BCUT2D eigenvalue weighted by atomic mass is 10.3. The summed E-state index contributed by atoms with van der Waals surface area (Å²) in [6.07, 6.45) is 4.42. The second kappa shape index (κ2) is 11.1. The quantitative estimate of drug-likeness (QED) is 0.665. The molecule has 0 bridgehead atoms. The summed E-state index contributed by atoms with van der Waals surface area (Å²) in [5, 5.41) is 0. The zero-order chi connectivity index (χ0) is 10.7. The molecule has 2 heteroatoms. The summed E-state index contributed by atoms with van der Waals surface area (Å²) in [5.74, 6) is 0. The van der Waals surface area contributed by atoms with E-state index in [4.69, 9.17) is 0 Å². The van der Waals surface area contributed by atoms with E-state index in [1.54, 1.807) is 12.4 Å². The molecule has 0 aliphatic rings. The third-order valence-electron chi connectivity index (χ3n) is 1.32. The molecule has 0 aliphatic carbocycles. The van der Waals surface area contributed by atoms with Crippen LogP contribution in [0.3, 0.4) is 0 Å². The first-order valence-electron chi connectivity index (χ1n) is 5.11. The normalized spacial score (nSPS) is 7.54. The van der Waals surface area contributed by atoms with Gasteiger partial charge in [-0.05, 0) is 13.3 Å². The minimum atomic E-state index is 0.972. The van der Waals surface area contributed by atoms with Crippen molar-refractivity contribution in [1.82, 2.24) is 9.97 Å². The molecule has 1 aromatic heterocycles. The Morgan fingerprint density at radius 2 is 1.46 bits per heavy atom. The highest BCUT2D eigenvalue weighted by Gasteiger charge is 1.92. The van der Waals surface area contributed by atoms with Gasteiger partial charge in [0.2, 0.25) is 0 Å². The first-order valence-corrected chi connectivity index (χ1v) is 5.11. The van der Waals surface area contributed by atoms with Crippen LogP contribution in [0, 0.1) is 6.92 Å². The molecule has 0 aliphatic heterocycles. The largest absolute Gasteiger partial charge is 0.258 e. The zero-order valence-electron chi connectivity index (χ0n) is 9.76. The summed E-state index contributed by atoms with van der Waals surface area (Å²) in [7, 11) is 0. The summed E-state index contributed by atoms with van der Waals surface area (Å²) >= 11 is 0. The van der Waals surface area contributed by atoms with Crippen molar-refractivity contribution in [2.24, 2.45) is 0 Å². The molecule has 1 aromatic rings. The molecule has 0 saturated carbocycles. The van der Waals surface area contributed by atoms with Crippen molar-refractivity contribution in [1.29, 1.82) is 0 Å². The number of aromatic nitrogens is 2. The molecule has 13 heavy (non-hydrogen) atoms. The molecule has 0 spiro atoms. The van der Waals surface area contributed by atoms with Crippen LogP contribution in [0.4, 0.5) is 0 Å². The van der Waals surface area contributed by atoms with Gasteiger partial charge in [-0.25, -0.2) is 0 Å². The van der Waals surface area contributed by atoms with Crippen molar-refractivity contribution < 1.29 is 0 Å². The van der Waals surface area contributed by atoms with Crippen LogP contribution in [0.15, 0.2) is 12.4 Å². The lowest BCUT2D eigenvalue weighted by Crippen LogP contribution is -1.92. The molecule has 0 atom stereocenters. The number of nitrogens with zero attached hydrogens (tertiary/aromatic N) is 2. The molecule has 2 nitrogen and oxygen atoms in total. The van der Waals surface area contributed by atoms with Gasteiger partial charge >= 0.3 is 0 Å². The van der Waals surface area contributed by atoms with E-state index in [9.17, 15) is 0 Å². The molecule has 1 rings (SSSR count). The SMILES string of the molecule is CC.CC.CCc1nccnc1C. The number of hydrogen-bond donors (Lipinski definition) is 0. The van der Waals surface area contributed by atoms with Gasteiger partial charge in [0.25, 0.3) is 0 Å². The topological polar surface area (TPSA) is 25.8 Å². The average Bonchev–Trinajstić information content (AvgIpc) is 2.24. The number of hydrogen-bond acceptors (Lipinski definition) is 2. The van der Waals surface area contributed by atoms with Crippen LogP contribution >= 0.6 is 0 Å². The van der Waals surface area contributed by atoms with Gasteiger partial charge in [0.1, 0.15) is 0 Å². The van der Waals surface area contributed by atoms with E-state index in [0.29, 0.717) is 0 Å². The van der Waals surface area contributed by atoms with Gasteiger partial charge < -0.3 is 0 Å². The molecule has 0 amide bonds. The zero-order valence-corrected chi connectivity index (χ0v) is 9.76. The highest BCUT2D eigenvalue weighted by Crippen LogP contribution is 1.98. The van der Waals surface area contributed by atoms with E-state index in [1.165, 1.54) is 0 Å².